The number of likely N-dealkylation sites (N-methyl/N-ethyl adjacent to an activating group) is 1. The molecule has 0 N–H and O–H groups in total. The highest BCUT2D eigenvalue weighted by molar-refractivity contribution is 6.17. The second-order valence-electron chi connectivity index (χ2n) is 2.34. The Bertz CT molecular complexity index is 62.6. The number of halogens is 1. The highest BCUT2D eigenvalue weighted by atomic mass is 35.5. The molecule has 0 saturated heterocycles. The van der Waals surface area contributed by atoms with E-state index in [1.54, 1.807) is 7.11 Å². The molecule has 0 amide bonds. The van der Waals surface area contributed by atoms with E-state index in [-0.39, 0.29) is 0 Å². The van der Waals surface area contributed by atoms with Crippen LogP contribution in [0.5, 0.6) is 0 Å². The molecule has 0 bridgehead atoms. The normalized spacial score (nSPS) is 10.8. The Hall–Kier alpha value is 0.210. The minimum Gasteiger partial charge on any atom is -0.383 e. The van der Waals surface area contributed by atoms with Crippen molar-refractivity contribution in [3.8, 4) is 0 Å². The molecule has 62 valence electrons. The summed E-state index contributed by atoms with van der Waals surface area (Å²) in [6, 6.07) is 0. The van der Waals surface area contributed by atoms with E-state index in [9.17, 15) is 0 Å². The number of hydrogen-bond acceptors (Lipinski definition) is 2. The van der Waals surface area contributed by atoms with Crippen LogP contribution in [-0.4, -0.2) is 44.6 Å². The highest BCUT2D eigenvalue weighted by Crippen LogP contribution is 1.89. The third kappa shape index (κ3) is 6.33. The van der Waals surface area contributed by atoms with Crippen LogP contribution in [0.25, 0.3) is 0 Å². The van der Waals surface area contributed by atoms with Crippen LogP contribution >= 0.6 is 11.6 Å². The Morgan fingerprint density at radius 2 is 2.10 bits per heavy atom. The van der Waals surface area contributed by atoms with Crippen molar-refractivity contribution >= 4 is 11.6 Å². The summed E-state index contributed by atoms with van der Waals surface area (Å²) < 4.78 is 4.92. The maximum Gasteiger partial charge on any atom is 0.0589 e. The minimum atomic E-state index is 0.747. The molecule has 10 heavy (non-hydrogen) atoms. The molecule has 0 aliphatic heterocycles. The van der Waals surface area contributed by atoms with Gasteiger partial charge in [0.15, 0.2) is 0 Å². The van der Waals surface area contributed by atoms with Crippen molar-refractivity contribution in [2.75, 3.05) is 39.7 Å². The maximum atomic E-state index is 5.52. The Morgan fingerprint density at radius 1 is 1.40 bits per heavy atom. The minimum absolute atomic E-state index is 0.747. The first-order valence-electron chi connectivity index (χ1n) is 3.54. The third-order valence-electron chi connectivity index (χ3n) is 1.35. The van der Waals surface area contributed by atoms with Crippen LogP contribution < -0.4 is 0 Å². The number of ether oxygens (including phenoxy) is 1. The van der Waals surface area contributed by atoms with Crippen LogP contribution in [0.3, 0.4) is 0 Å². The maximum absolute atomic E-state index is 5.52. The van der Waals surface area contributed by atoms with Crippen molar-refractivity contribution in [3.63, 3.8) is 0 Å². The molecule has 0 aliphatic rings. The van der Waals surface area contributed by atoms with E-state index in [1.807, 2.05) is 0 Å². The zero-order valence-corrected chi connectivity index (χ0v) is 7.52. The summed E-state index contributed by atoms with van der Waals surface area (Å²) in [6.07, 6.45) is 1.06. The van der Waals surface area contributed by atoms with Gasteiger partial charge in [0.1, 0.15) is 0 Å². The van der Waals surface area contributed by atoms with Crippen LogP contribution in [-0.2, 0) is 4.74 Å². The fourth-order valence-electron chi connectivity index (χ4n) is 0.689. The average Bonchev–Trinajstić information content (AvgIpc) is 1.97. The summed E-state index contributed by atoms with van der Waals surface area (Å²) in [5.41, 5.74) is 0. The summed E-state index contributed by atoms with van der Waals surface area (Å²) in [6.45, 7) is 2.86. The summed E-state index contributed by atoms with van der Waals surface area (Å²) in [5.74, 6) is 0.747. The van der Waals surface area contributed by atoms with Gasteiger partial charge in [0, 0.05) is 19.5 Å². The van der Waals surface area contributed by atoms with E-state index in [4.69, 9.17) is 16.3 Å². The molecule has 0 aliphatic carbocycles. The summed E-state index contributed by atoms with van der Waals surface area (Å²) in [7, 11) is 3.79. The van der Waals surface area contributed by atoms with Gasteiger partial charge in [0.05, 0.1) is 6.61 Å². The van der Waals surface area contributed by atoms with Crippen LogP contribution in [0, 0.1) is 0 Å². The third-order valence-corrected chi connectivity index (χ3v) is 1.62. The standard InChI is InChI=1S/C7H16ClNO/c1-9(5-3-4-8)6-7-10-2/h3-7H2,1-2H3. The fourth-order valence-corrected chi connectivity index (χ4v) is 0.808. The average molecular weight is 166 g/mol. The first-order valence-corrected chi connectivity index (χ1v) is 4.08. The van der Waals surface area contributed by atoms with E-state index in [1.165, 1.54) is 0 Å². The lowest BCUT2D eigenvalue weighted by Crippen LogP contribution is -2.24. The van der Waals surface area contributed by atoms with Crippen LogP contribution in [0.1, 0.15) is 6.42 Å². The van der Waals surface area contributed by atoms with E-state index < -0.39 is 0 Å². The topological polar surface area (TPSA) is 12.5 Å². The molecule has 0 fully saturated rings. The Morgan fingerprint density at radius 3 is 2.60 bits per heavy atom. The first kappa shape index (κ1) is 10.2. The zero-order valence-electron chi connectivity index (χ0n) is 6.77. The van der Waals surface area contributed by atoms with Gasteiger partial charge in [0.25, 0.3) is 0 Å². The van der Waals surface area contributed by atoms with Crippen LogP contribution in [0.4, 0.5) is 0 Å². The molecule has 0 aromatic carbocycles. The van der Waals surface area contributed by atoms with Crippen molar-refractivity contribution < 1.29 is 4.74 Å². The van der Waals surface area contributed by atoms with Gasteiger partial charge in [-0.25, -0.2) is 0 Å². The summed E-state index contributed by atoms with van der Waals surface area (Å²) in [4.78, 5) is 2.21. The molecule has 0 aromatic heterocycles. The second kappa shape index (κ2) is 7.32. The summed E-state index contributed by atoms with van der Waals surface area (Å²) in [5, 5.41) is 0. The molecule has 0 spiro atoms. The van der Waals surface area contributed by atoms with Crippen LogP contribution in [0.2, 0.25) is 0 Å². The lowest BCUT2D eigenvalue weighted by atomic mass is 10.4. The molecule has 3 heteroatoms. The number of nitrogens with zero attached hydrogens (tertiary/aromatic N) is 1. The van der Waals surface area contributed by atoms with Gasteiger partial charge >= 0.3 is 0 Å². The molecule has 0 atom stereocenters. The summed E-state index contributed by atoms with van der Waals surface area (Å²) >= 11 is 5.52. The van der Waals surface area contributed by atoms with Gasteiger partial charge < -0.3 is 9.64 Å². The van der Waals surface area contributed by atoms with Gasteiger partial charge in [0.2, 0.25) is 0 Å². The molecule has 0 heterocycles. The van der Waals surface area contributed by atoms with E-state index in [2.05, 4.69) is 11.9 Å². The fraction of sp³-hybridized carbons (Fsp3) is 1.00. The number of methoxy groups -OCH3 is 1. The number of rotatable bonds is 6. The molecule has 0 unspecified atom stereocenters. The molecular weight excluding hydrogens is 150 g/mol. The number of alkyl halides is 1. The van der Waals surface area contributed by atoms with Gasteiger partial charge in [-0.1, -0.05) is 0 Å². The Kier molecular flexibility index (Phi) is 7.47. The monoisotopic (exact) mass is 165 g/mol. The van der Waals surface area contributed by atoms with Crippen molar-refractivity contribution in [1.82, 2.24) is 4.90 Å². The highest BCUT2D eigenvalue weighted by Gasteiger charge is 1.94. The lowest BCUT2D eigenvalue weighted by Gasteiger charge is -2.14. The quantitative estimate of drug-likeness (QED) is 0.549. The van der Waals surface area contributed by atoms with E-state index >= 15 is 0 Å². The number of hydrogen-bond donors (Lipinski definition) is 0. The van der Waals surface area contributed by atoms with Gasteiger partial charge in [-0.05, 0) is 20.0 Å². The Balaban J connectivity index is 3.00. The van der Waals surface area contributed by atoms with Gasteiger partial charge in [-0.3, -0.25) is 0 Å². The molecule has 0 saturated carbocycles. The smallest absolute Gasteiger partial charge is 0.0589 e. The lowest BCUT2D eigenvalue weighted by molar-refractivity contribution is 0.161. The van der Waals surface area contributed by atoms with Crippen molar-refractivity contribution in [3.05, 3.63) is 0 Å². The largest absolute Gasteiger partial charge is 0.383 e. The molecule has 0 rings (SSSR count). The molecule has 0 radical (unpaired) electrons. The molecule has 0 aromatic rings. The SMILES string of the molecule is COCCN(C)CCCCl. The zero-order chi connectivity index (χ0) is 7.82. The van der Waals surface area contributed by atoms with Crippen LogP contribution in [0.15, 0.2) is 0 Å². The van der Waals surface area contributed by atoms with E-state index in [0.29, 0.717) is 0 Å². The van der Waals surface area contributed by atoms with Crippen molar-refractivity contribution in [2.45, 2.75) is 6.42 Å². The van der Waals surface area contributed by atoms with Crippen molar-refractivity contribution in [1.29, 1.82) is 0 Å². The van der Waals surface area contributed by atoms with Crippen molar-refractivity contribution in [2.24, 2.45) is 0 Å². The molecular formula is C7H16ClNO. The Labute approximate surface area is 68.1 Å². The molecule has 2 nitrogen and oxygen atoms in total. The predicted molar refractivity (Wildman–Crippen MR) is 44.7 cm³/mol. The van der Waals surface area contributed by atoms with E-state index in [0.717, 1.165) is 32.0 Å². The first-order chi connectivity index (χ1) is 4.81. The second-order valence-corrected chi connectivity index (χ2v) is 2.72. The predicted octanol–water partition coefficient (Wildman–Crippen LogP) is 1.19. The van der Waals surface area contributed by atoms with Gasteiger partial charge in [-0.2, -0.15) is 0 Å². The van der Waals surface area contributed by atoms with Gasteiger partial charge in [-0.15, -0.1) is 11.6 Å².